The predicted octanol–water partition coefficient (Wildman–Crippen LogP) is 3.07. The first-order chi connectivity index (χ1) is 11.5. The lowest BCUT2D eigenvalue weighted by molar-refractivity contribution is -0.115. The van der Waals surface area contributed by atoms with Crippen molar-refractivity contribution >= 4 is 17.5 Å². The molecule has 0 aromatic heterocycles. The number of ether oxygens (including phenoxy) is 1. The Morgan fingerprint density at radius 1 is 1.04 bits per heavy atom. The lowest BCUT2D eigenvalue weighted by Gasteiger charge is -2.11. The van der Waals surface area contributed by atoms with Crippen LogP contribution in [0.2, 0.25) is 0 Å². The van der Waals surface area contributed by atoms with Gasteiger partial charge in [0, 0.05) is 5.69 Å². The Kier molecular flexibility index (Phi) is 5.95. The zero-order valence-corrected chi connectivity index (χ0v) is 14.2. The van der Waals surface area contributed by atoms with Crippen LogP contribution in [0, 0.1) is 13.8 Å². The summed E-state index contributed by atoms with van der Waals surface area (Å²) in [5, 5.41) is 5.40. The summed E-state index contributed by atoms with van der Waals surface area (Å²) in [4.78, 5) is 24.3. The zero-order valence-electron chi connectivity index (χ0n) is 14.2. The average Bonchev–Trinajstić information content (AvgIpc) is 2.52. The van der Waals surface area contributed by atoms with Gasteiger partial charge < -0.3 is 15.4 Å². The van der Waals surface area contributed by atoms with Crippen molar-refractivity contribution in [2.24, 2.45) is 0 Å². The predicted molar refractivity (Wildman–Crippen MR) is 94.5 cm³/mol. The van der Waals surface area contributed by atoms with Crippen LogP contribution in [0.15, 0.2) is 42.5 Å². The molecule has 126 valence electrons. The molecule has 0 bridgehead atoms. The van der Waals surface area contributed by atoms with E-state index in [9.17, 15) is 9.59 Å². The van der Waals surface area contributed by atoms with Gasteiger partial charge in [-0.2, -0.15) is 0 Å². The second-order valence-corrected chi connectivity index (χ2v) is 5.54. The third kappa shape index (κ3) is 4.84. The molecule has 2 N–H and O–H groups in total. The smallest absolute Gasteiger partial charge is 0.255 e. The van der Waals surface area contributed by atoms with Crippen molar-refractivity contribution in [1.82, 2.24) is 5.32 Å². The van der Waals surface area contributed by atoms with Crippen molar-refractivity contribution in [2.45, 2.75) is 20.8 Å². The molecule has 0 heterocycles. The fourth-order valence-electron chi connectivity index (χ4n) is 2.44. The zero-order chi connectivity index (χ0) is 17.5. The van der Waals surface area contributed by atoms with Crippen LogP contribution < -0.4 is 15.4 Å². The molecule has 0 spiro atoms. The van der Waals surface area contributed by atoms with E-state index in [0.29, 0.717) is 17.9 Å². The molecule has 0 fully saturated rings. The minimum absolute atomic E-state index is 0.105. The molecule has 0 atom stereocenters. The van der Waals surface area contributed by atoms with E-state index < -0.39 is 0 Å². The van der Waals surface area contributed by atoms with Crippen LogP contribution >= 0.6 is 0 Å². The van der Waals surface area contributed by atoms with Crippen molar-refractivity contribution in [3.8, 4) is 5.75 Å². The van der Waals surface area contributed by atoms with Crippen molar-refractivity contribution < 1.29 is 14.3 Å². The van der Waals surface area contributed by atoms with E-state index in [2.05, 4.69) is 10.6 Å². The molecular weight excluding hydrogens is 304 g/mol. The summed E-state index contributed by atoms with van der Waals surface area (Å²) >= 11 is 0. The van der Waals surface area contributed by atoms with Gasteiger partial charge in [0.1, 0.15) is 5.75 Å². The number of anilines is 1. The Bertz CT molecular complexity index is 721. The highest BCUT2D eigenvalue weighted by atomic mass is 16.5. The molecule has 0 aliphatic carbocycles. The summed E-state index contributed by atoms with van der Waals surface area (Å²) in [6.07, 6.45) is 0. The number of hydrogen-bond donors (Lipinski definition) is 2. The molecule has 5 nitrogen and oxygen atoms in total. The Balaban J connectivity index is 1.95. The van der Waals surface area contributed by atoms with Crippen molar-refractivity contribution in [3.05, 3.63) is 59.2 Å². The quantitative estimate of drug-likeness (QED) is 0.857. The Labute approximate surface area is 142 Å². The molecule has 2 rings (SSSR count). The van der Waals surface area contributed by atoms with Gasteiger partial charge in [-0.3, -0.25) is 9.59 Å². The van der Waals surface area contributed by atoms with Crippen LogP contribution in [0.3, 0.4) is 0 Å². The third-order valence-electron chi connectivity index (χ3n) is 3.35. The number of aryl methyl sites for hydroxylation is 2. The molecule has 0 aliphatic heterocycles. The second kappa shape index (κ2) is 8.15. The van der Waals surface area contributed by atoms with Crippen LogP contribution in [0.4, 0.5) is 5.69 Å². The molecule has 5 heteroatoms. The minimum atomic E-state index is -0.338. The fraction of sp³-hybridized carbons (Fsp3) is 0.263. The lowest BCUT2D eigenvalue weighted by Crippen LogP contribution is -2.33. The largest absolute Gasteiger partial charge is 0.493 e. The standard InChI is InChI=1S/C19H22N2O3/c1-4-24-17-8-6-5-7-16(17)19(23)20-12-18(22)21-15-10-13(2)9-14(3)11-15/h5-11H,4,12H2,1-3H3,(H,20,23)(H,21,22). The van der Waals surface area contributed by atoms with Crippen molar-refractivity contribution in [2.75, 3.05) is 18.5 Å². The van der Waals surface area contributed by atoms with Crippen LogP contribution in [-0.4, -0.2) is 25.0 Å². The topological polar surface area (TPSA) is 67.4 Å². The van der Waals surface area contributed by atoms with E-state index in [4.69, 9.17) is 4.74 Å². The van der Waals surface area contributed by atoms with E-state index in [-0.39, 0.29) is 18.4 Å². The first kappa shape index (κ1) is 17.5. The number of rotatable bonds is 6. The number of amides is 2. The normalized spacial score (nSPS) is 10.1. The molecule has 2 amide bonds. The van der Waals surface area contributed by atoms with E-state index in [1.165, 1.54) is 0 Å². The summed E-state index contributed by atoms with van der Waals surface area (Å²) < 4.78 is 5.43. The van der Waals surface area contributed by atoms with Gasteiger partial charge in [-0.15, -0.1) is 0 Å². The Morgan fingerprint density at radius 2 is 1.71 bits per heavy atom. The van der Waals surface area contributed by atoms with Gasteiger partial charge in [0.25, 0.3) is 5.91 Å². The van der Waals surface area contributed by atoms with Gasteiger partial charge in [0.2, 0.25) is 5.91 Å². The maximum Gasteiger partial charge on any atom is 0.255 e. The summed E-state index contributed by atoms with van der Waals surface area (Å²) in [6.45, 7) is 6.15. The van der Waals surface area contributed by atoms with Crippen LogP contribution in [0.1, 0.15) is 28.4 Å². The van der Waals surface area contributed by atoms with Gasteiger partial charge >= 0.3 is 0 Å². The molecule has 2 aromatic rings. The van der Waals surface area contributed by atoms with Gasteiger partial charge in [-0.05, 0) is 56.2 Å². The maximum absolute atomic E-state index is 12.2. The van der Waals surface area contributed by atoms with Gasteiger partial charge in [-0.25, -0.2) is 0 Å². The third-order valence-corrected chi connectivity index (χ3v) is 3.35. The molecular formula is C19H22N2O3. The fourth-order valence-corrected chi connectivity index (χ4v) is 2.44. The molecule has 24 heavy (non-hydrogen) atoms. The molecule has 0 unspecified atom stereocenters. The van der Waals surface area contributed by atoms with E-state index in [0.717, 1.165) is 16.8 Å². The first-order valence-electron chi connectivity index (χ1n) is 7.87. The first-order valence-corrected chi connectivity index (χ1v) is 7.87. The average molecular weight is 326 g/mol. The number of carbonyl (C=O) groups excluding carboxylic acids is 2. The minimum Gasteiger partial charge on any atom is -0.493 e. The summed E-state index contributed by atoms with van der Waals surface area (Å²) in [7, 11) is 0. The summed E-state index contributed by atoms with van der Waals surface area (Å²) in [5.74, 6) is -0.107. The number of nitrogens with one attached hydrogen (secondary N) is 2. The summed E-state index contributed by atoms with van der Waals surface area (Å²) in [6, 6.07) is 12.8. The van der Waals surface area contributed by atoms with E-state index in [1.807, 2.05) is 39.0 Å². The highest BCUT2D eigenvalue weighted by Gasteiger charge is 2.13. The van der Waals surface area contributed by atoms with E-state index in [1.54, 1.807) is 24.3 Å². The molecule has 0 aliphatic rings. The van der Waals surface area contributed by atoms with Gasteiger partial charge in [0.15, 0.2) is 0 Å². The number of para-hydroxylation sites is 1. The van der Waals surface area contributed by atoms with Crippen LogP contribution in [0.5, 0.6) is 5.75 Å². The van der Waals surface area contributed by atoms with Crippen LogP contribution in [0.25, 0.3) is 0 Å². The highest BCUT2D eigenvalue weighted by molar-refractivity contribution is 6.00. The molecule has 2 aromatic carbocycles. The SMILES string of the molecule is CCOc1ccccc1C(=O)NCC(=O)Nc1cc(C)cc(C)c1. The number of benzene rings is 2. The van der Waals surface area contributed by atoms with Crippen molar-refractivity contribution in [1.29, 1.82) is 0 Å². The number of hydrogen-bond acceptors (Lipinski definition) is 3. The molecule has 0 saturated carbocycles. The van der Waals surface area contributed by atoms with E-state index >= 15 is 0 Å². The second-order valence-electron chi connectivity index (χ2n) is 5.54. The van der Waals surface area contributed by atoms with Crippen molar-refractivity contribution in [3.63, 3.8) is 0 Å². The summed E-state index contributed by atoms with van der Waals surface area (Å²) in [5.41, 5.74) is 3.28. The molecule has 0 radical (unpaired) electrons. The van der Waals surface area contributed by atoms with Gasteiger partial charge in [-0.1, -0.05) is 18.2 Å². The molecule has 0 saturated heterocycles. The van der Waals surface area contributed by atoms with Gasteiger partial charge in [0.05, 0.1) is 18.7 Å². The lowest BCUT2D eigenvalue weighted by atomic mass is 10.1. The Hall–Kier alpha value is -2.82. The monoisotopic (exact) mass is 326 g/mol. The number of carbonyl (C=O) groups is 2. The Morgan fingerprint density at radius 3 is 2.38 bits per heavy atom. The maximum atomic E-state index is 12.2. The highest BCUT2D eigenvalue weighted by Crippen LogP contribution is 2.17. The van der Waals surface area contributed by atoms with Crippen LogP contribution in [-0.2, 0) is 4.79 Å².